The average molecular weight is 396 g/mol. The largest absolute Gasteiger partial charge is 0.496 e. The van der Waals surface area contributed by atoms with Gasteiger partial charge in [0.2, 0.25) is 5.91 Å². The summed E-state index contributed by atoms with van der Waals surface area (Å²) in [5.74, 6) is 0.316. The molecule has 0 radical (unpaired) electrons. The van der Waals surface area contributed by atoms with Gasteiger partial charge in [-0.15, -0.1) is 0 Å². The third-order valence-electron chi connectivity index (χ3n) is 4.48. The molecule has 28 heavy (non-hydrogen) atoms. The fraction of sp³-hybridized carbons (Fsp3) is 0.421. The van der Waals surface area contributed by atoms with E-state index in [-0.39, 0.29) is 24.9 Å². The van der Waals surface area contributed by atoms with E-state index < -0.39 is 6.61 Å². The van der Waals surface area contributed by atoms with Crippen molar-refractivity contribution in [2.24, 2.45) is 0 Å². The number of nitrogens with one attached hydrogen (secondary N) is 1. The third kappa shape index (κ3) is 4.85. The van der Waals surface area contributed by atoms with Crippen molar-refractivity contribution in [3.63, 3.8) is 0 Å². The fourth-order valence-corrected chi connectivity index (χ4v) is 2.94. The molecule has 9 heteroatoms. The normalized spacial score (nSPS) is 13.8. The number of methoxy groups -OCH3 is 1. The number of ether oxygens (including phenoxy) is 2. The van der Waals surface area contributed by atoms with E-state index >= 15 is 0 Å². The summed E-state index contributed by atoms with van der Waals surface area (Å²) in [5.41, 5.74) is 8.71. The molecule has 154 valence electrons. The second kappa shape index (κ2) is 9.29. The predicted molar refractivity (Wildman–Crippen MR) is 104 cm³/mol. The zero-order valence-corrected chi connectivity index (χ0v) is 16.5. The van der Waals surface area contributed by atoms with Crippen molar-refractivity contribution in [1.29, 1.82) is 0 Å². The van der Waals surface area contributed by atoms with Gasteiger partial charge < -0.3 is 30.3 Å². The first kappa shape index (κ1) is 21.3. The minimum atomic E-state index is -2.91. The van der Waals surface area contributed by atoms with E-state index in [9.17, 15) is 13.6 Å². The Balaban J connectivity index is 2.18. The zero-order chi connectivity index (χ0) is 20.8. The molecule has 0 aliphatic carbocycles. The fourth-order valence-electron chi connectivity index (χ4n) is 2.94. The molecule has 2 rings (SSSR count). The number of carbonyl (C=O) groups excluding carboxylic acids is 1. The summed E-state index contributed by atoms with van der Waals surface area (Å²) in [6.07, 6.45) is 2.82. The summed E-state index contributed by atoms with van der Waals surface area (Å²) < 4.78 is 34.6. The molecule has 1 amide bonds. The number of hydrogen-bond acceptors (Lipinski definition) is 6. The Labute approximate surface area is 163 Å². The highest BCUT2D eigenvalue weighted by Gasteiger charge is 2.21. The van der Waals surface area contributed by atoms with Crippen molar-refractivity contribution in [2.75, 3.05) is 44.9 Å². The molecule has 0 aromatic heterocycles. The van der Waals surface area contributed by atoms with Gasteiger partial charge in [-0.1, -0.05) is 0 Å². The minimum Gasteiger partial charge on any atom is -0.496 e. The Bertz CT molecular complexity index is 781. The average Bonchev–Trinajstić information content (AvgIpc) is 2.66. The lowest BCUT2D eigenvalue weighted by molar-refractivity contribution is -0.119. The zero-order valence-electron chi connectivity index (χ0n) is 16.5. The van der Waals surface area contributed by atoms with Gasteiger partial charge in [0.05, 0.1) is 25.0 Å². The molecule has 1 heterocycles. The predicted octanol–water partition coefficient (Wildman–Crippen LogP) is 2.30. The molecule has 0 saturated heterocycles. The number of amides is 1. The van der Waals surface area contributed by atoms with Crippen LogP contribution in [0.2, 0.25) is 0 Å². The Morgan fingerprint density at radius 2 is 2.11 bits per heavy atom. The van der Waals surface area contributed by atoms with Gasteiger partial charge in [-0.25, -0.2) is 0 Å². The number of rotatable bonds is 8. The number of anilines is 2. The Hall–Kier alpha value is -2.97. The molecule has 0 spiro atoms. The number of halogens is 2. The topological polar surface area (TPSA) is 80.1 Å². The molecule has 7 nitrogen and oxygen atoms in total. The lowest BCUT2D eigenvalue weighted by Crippen LogP contribution is -2.34. The minimum absolute atomic E-state index is 0.0101. The van der Waals surface area contributed by atoms with Gasteiger partial charge >= 0.3 is 6.61 Å². The SMILES string of the molecule is CCN(C)c1c(N)ccc(OC)c1CNC(=O)C1=CC=C(OC(F)F)N(C)C1. The van der Waals surface area contributed by atoms with Crippen LogP contribution in [0.4, 0.5) is 20.2 Å². The first-order valence-corrected chi connectivity index (χ1v) is 8.79. The molecule has 3 N–H and O–H groups in total. The standard InChI is InChI=1S/C19H26F2N4O3/c1-5-24(2)17-13(15(27-4)8-7-14(17)22)10-23-18(26)12-6-9-16(25(3)11-12)28-19(20)21/h6-9,19H,5,10-11,22H2,1-4H3,(H,23,26). The summed E-state index contributed by atoms with van der Waals surface area (Å²) >= 11 is 0. The van der Waals surface area contributed by atoms with E-state index in [0.29, 0.717) is 17.0 Å². The van der Waals surface area contributed by atoms with Crippen molar-refractivity contribution in [3.8, 4) is 5.75 Å². The number of nitrogens with two attached hydrogens (primary N) is 1. The number of likely N-dealkylation sites (N-methyl/N-ethyl adjacent to an activating group) is 1. The van der Waals surface area contributed by atoms with E-state index in [1.54, 1.807) is 26.3 Å². The Morgan fingerprint density at radius 3 is 2.68 bits per heavy atom. The molecule has 1 aliphatic heterocycles. The van der Waals surface area contributed by atoms with Crippen LogP contribution in [-0.2, 0) is 16.1 Å². The van der Waals surface area contributed by atoms with Crippen LogP contribution in [-0.4, -0.2) is 51.7 Å². The highest BCUT2D eigenvalue weighted by Crippen LogP contribution is 2.34. The Kier molecular flexibility index (Phi) is 7.08. The van der Waals surface area contributed by atoms with Crippen molar-refractivity contribution in [2.45, 2.75) is 20.1 Å². The lowest BCUT2D eigenvalue weighted by Gasteiger charge is -2.27. The van der Waals surface area contributed by atoms with Gasteiger partial charge in [0.15, 0.2) is 5.88 Å². The second-order valence-corrected chi connectivity index (χ2v) is 6.31. The maximum Gasteiger partial charge on any atom is 0.388 e. The monoisotopic (exact) mass is 396 g/mol. The molecule has 0 atom stereocenters. The van der Waals surface area contributed by atoms with E-state index in [2.05, 4.69) is 10.1 Å². The Morgan fingerprint density at radius 1 is 1.39 bits per heavy atom. The van der Waals surface area contributed by atoms with Crippen LogP contribution >= 0.6 is 0 Å². The van der Waals surface area contributed by atoms with E-state index in [1.807, 2.05) is 18.9 Å². The molecular weight excluding hydrogens is 370 g/mol. The van der Waals surface area contributed by atoms with Crippen LogP contribution in [0.1, 0.15) is 12.5 Å². The number of hydrogen-bond donors (Lipinski definition) is 2. The highest BCUT2D eigenvalue weighted by atomic mass is 19.3. The molecule has 1 aromatic rings. The molecule has 0 saturated carbocycles. The summed E-state index contributed by atoms with van der Waals surface area (Å²) in [7, 11) is 5.04. The van der Waals surface area contributed by atoms with Crippen LogP contribution in [0, 0.1) is 0 Å². The van der Waals surface area contributed by atoms with Crippen LogP contribution in [0.3, 0.4) is 0 Å². The summed E-state index contributed by atoms with van der Waals surface area (Å²) in [6, 6.07) is 3.52. The van der Waals surface area contributed by atoms with E-state index in [4.69, 9.17) is 10.5 Å². The smallest absolute Gasteiger partial charge is 0.388 e. The first-order chi connectivity index (χ1) is 13.3. The van der Waals surface area contributed by atoms with Gasteiger partial charge in [-0.2, -0.15) is 8.78 Å². The first-order valence-electron chi connectivity index (χ1n) is 8.79. The number of carbonyl (C=O) groups is 1. The number of allylic oxidation sites excluding steroid dienone is 2. The molecule has 0 unspecified atom stereocenters. The lowest BCUT2D eigenvalue weighted by atomic mass is 10.1. The van der Waals surface area contributed by atoms with Crippen LogP contribution in [0.5, 0.6) is 5.75 Å². The van der Waals surface area contributed by atoms with Crippen molar-refractivity contribution < 1.29 is 23.0 Å². The van der Waals surface area contributed by atoms with Gasteiger partial charge in [-0.05, 0) is 31.2 Å². The number of benzene rings is 1. The van der Waals surface area contributed by atoms with Crippen molar-refractivity contribution in [3.05, 3.63) is 41.3 Å². The summed E-state index contributed by atoms with van der Waals surface area (Å²) in [5, 5.41) is 2.85. The maximum atomic E-state index is 12.6. The van der Waals surface area contributed by atoms with Crippen LogP contribution < -0.4 is 20.7 Å². The quantitative estimate of drug-likeness (QED) is 0.657. The van der Waals surface area contributed by atoms with E-state index in [0.717, 1.165) is 17.8 Å². The van der Waals surface area contributed by atoms with Crippen molar-refractivity contribution >= 4 is 17.3 Å². The summed E-state index contributed by atoms with van der Waals surface area (Å²) in [4.78, 5) is 16.0. The number of alkyl halides is 2. The molecule has 0 fully saturated rings. The van der Waals surface area contributed by atoms with E-state index in [1.165, 1.54) is 17.1 Å². The van der Waals surface area contributed by atoms with Crippen LogP contribution in [0.25, 0.3) is 0 Å². The number of nitrogen functional groups attached to an aromatic ring is 1. The van der Waals surface area contributed by atoms with Gasteiger partial charge in [0, 0.05) is 38.3 Å². The van der Waals surface area contributed by atoms with Gasteiger partial charge in [0.1, 0.15) is 5.75 Å². The van der Waals surface area contributed by atoms with Crippen LogP contribution in [0.15, 0.2) is 35.7 Å². The molecular formula is C19H26F2N4O3. The second-order valence-electron chi connectivity index (χ2n) is 6.31. The molecule has 0 bridgehead atoms. The van der Waals surface area contributed by atoms with Gasteiger partial charge in [-0.3, -0.25) is 4.79 Å². The molecule has 1 aromatic carbocycles. The highest BCUT2D eigenvalue weighted by molar-refractivity contribution is 5.94. The third-order valence-corrected chi connectivity index (χ3v) is 4.48. The number of nitrogens with zero attached hydrogens (tertiary/aromatic N) is 2. The molecule has 1 aliphatic rings. The van der Waals surface area contributed by atoms with Gasteiger partial charge in [0.25, 0.3) is 0 Å². The summed E-state index contributed by atoms with van der Waals surface area (Å²) in [6.45, 7) is 0.168. The maximum absolute atomic E-state index is 12.6. The van der Waals surface area contributed by atoms with Crippen molar-refractivity contribution in [1.82, 2.24) is 10.2 Å².